The quantitative estimate of drug-likeness (QED) is 0.721. The number of carbonyl (C=O) groups excluding carboxylic acids is 1. The Bertz CT molecular complexity index is 680. The van der Waals surface area contributed by atoms with E-state index in [4.69, 9.17) is 0 Å². The summed E-state index contributed by atoms with van der Waals surface area (Å²) in [5, 5.41) is 0.366. The van der Waals surface area contributed by atoms with Crippen LogP contribution in [-0.2, 0) is 7.05 Å². The summed E-state index contributed by atoms with van der Waals surface area (Å²) >= 11 is 0. The van der Waals surface area contributed by atoms with Crippen LogP contribution in [0.2, 0.25) is 0 Å². The molecule has 0 spiro atoms. The molecule has 2 aromatic rings. The van der Waals surface area contributed by atoms with E-state index in [1.54, 1.807) is 37.7 Å². The Labute approximate surface area is 108 Å². The molecular weight excluding hydrogens is 255 g/mol. The third kappa shape index (κ3) is 1.93. The summed E-state index contributed by atoms with van der Waals surface area (Å²) in [5.41, 5.74) is 2.47. The number of alkyl halides is 3. The van der Waals surface area contributed by atoms with E-state index in [0.717, 1.165) is 11.1 Å². The number of aryl methyl sites for hydroxylation is 2. The van der Waals surface area contributed by atoms with Crippen molar-refractivity contribution < 1.29 is 18.0 Å². The molecule has 1 aromatic heterocycles. The first kappa shape index (κ1) is 13.6. The van der Waals surface area contributed by atoms with Crippen LogP contribution < -0.4 is 0 Å². The molecule has 2 rings (SSSR count). The average molecular weight is 269 g/mol. The zero-order valence-electron chi connectivity index (χ0n) is 11.1. The molecule has 5 heteroatoms. The predicted octanol–water partition coefficient (Wildman–Crippen LogP) is 3.85. The number of benzene rings is 1. The maximum Gasteiger partial charge on any atom is 0.454 e. The van der Waals surface area contributed by atoms with Crippen molar-refractivity contribution in [2.45, 2.75) is 26.9 Å². The number of hydrogen-bond donors (Lipinski definition) is 0. The number of carbonyl (C=O) groups is 1. The van der Waals surface area contributed by atoms with Crippen LogP contribution in [0.5, 0.6) is 0 Å². The highest BCUT2D eigenvalue weighted by Gasteiger charge is 2.41. The Morgan fingerprint density at radius 1 is 1.11 bits per heavy atom. The number of aromatic nitrogens is 1. The lowest BCUT2D eigenvalue weighted by Crippen LogP contribution is -2.24. The van der Waals surface area contributed by atoms with Crippen LogP contribution in [0.1, 0.15) is 27.0 Å². The fraction of sp³-hybridized carbons (Fsp3) is 0.357. The van der Waals surface area contributed by atoms with E-state index < -0.39 is 12.0 Å². The number of halogens is 3. The molecule has 0 unspecified atom stereocenters. The number of Topliss-reactive ketones (excluding diaryl/α,β-unsaturated/α-hetero) is 1. The van der Waals surface area contributed by atoms with Crippen molar-refractivity contribution in [1.82, 2.24) is 4.57 Å². The van der Waals surface area contributed by atoms with E-state index in [1.165, 1.54) is 0 Å². The Morgan fingerprint density at radius 3 is 2.21 bits per heavy atom. The second-order valence-corrected chi connectivity index (χ2v) is 4.77. The number of hydrogen-bond acceptors (Lipinski definition) is 1. The van der Waals surface area contributed by atoms with Crippen LogP contribution in [0, 0.1) is 20.8 Å². The second-order valence-electron chi connectivity index (χ2n) is 4.77. The molecule has 1 aromatic carbocycles. The number of fused-ring (bicyclic) bond motifs is 1. The van der Waals surface area contributed by atoms with Crippen LogP contribution >= 0.6 is 0 Å². The first-order chi connectivity index (χ1) is 8.66. The fourth-order valence-corrected chi connectivity index (χ4v) is 2.48. The van der Waals surface area contributed by atoms with Gasteiger partial charge in [0.1, 0.15) is 0 Å². The smallest absolute Gasteiger partial charge is 0.350 e. The van der Waals surface area contributed by atoms with Crippen molar-refractivity contribution in [2.75, 3.05) is 0 Å². The van der Waals surface area contributed by atoms with Crippen molar-refractivity contribution in [3.63, 3.8) is 0 Å². The summed E-state index contributed by atoms with van der Waals surface area (Å²) < 4.78 is 39.9. The molecule has 1 heterocycles. The maximum absolute atomic E-state index is 12.7. The van der Waals surface area contributed by atoms with Gasteiger partial charge in [0, 0.05) is 24.2 Å². The van der Waals surface area contributed by atoms with Crippen LogP contribution in [0.3, 0.4) is 0 Å². The maximum atomic E-state index is 12.7. The molecule has 0 aliphatic carbocycles. The van der Waals surface area contributed by atoms with E-state index in [0.29, 0.717) is 16.5 Å². The van der Waals surface area contributed by atoms with Gasteiger partial charge in [0.05, 0.1) is 5.52 Å². The summed E-state index contributed by atoms with van der Waals surface area (Å²) in [7, 11) is 1.76. The fourth-order valence-electron chi connectivity index (χ4n) is 2.48. The third-order valence-electron chi connectivity index (χ3n) is 3.68. The molecule has 0 aliphatic rings. The second kappa shape index (κ2) is 4.11. The Hall–Kier alpha value is -1.78. The van der Waals surface area contributed by atoms with E-state index >= 15 is 0 Å². The molecule has 0 aliphatic heterocycles. The topological polar surface area (TPSA) is 22.0 Å². The van der Waals surface area contributed by atoms with E-state index in [1.807, 2.05) is 6.92 Å². The molecule has 0 bridgehead atoms. The van der Waals surface area contributed by atoms with E-state index in [2.05, 4.69) is 0 Å². The molecule has 19 heavy (non-hydrogen) atoms. The van der Waals surface area contributed by atoms with Crippen LogP contribution in [0.25, 0.3) is 10.9 Å². The predicted molar refractivity (Wildman–Crippen MR) is 67.5 cm³/mol. The standard InChI is InChI=1S/C14H14F3NO/c1-7-8(2)11(13(19)14(15,16)17)10-5-6-18(4)12(10)9(7)3/h5-6H,1-4H3. The molecule has 102 valence electrons. The average Bonchev–Trinajstić information content (AvgIpc) is 2.67. The lowest BCUT2D eigenvalue weighted by Gasteiger charge is -2.15. The summed E-state index contributed by atoms with van der Waals surface area (Å²) in [6.45, 7) is 5.16. The van der Waals surface area contributed by atoms with Gasteiger partial charge in [-0.3, -0.25) is 4.79 Å². The minimum absolute atomic E-state index is 0.230. The summed E-state index contributed by atoms with van der Waals surface area (Å²) in [4.78, 5) is 11.6. The van der Waals surface area contributed by atoms with Crippen molar-refractivity contribution in [2.24, 2.45) is 7.05 Å². The SMILES string of the molecule is Cc1c(C)c(C)c2c(ccn2C)c1C(=O)C(F)(F)F. The highest BCUT2D eigenvalue weighted by Crippen LogP contribution is 2.34. The lowest BCUT2D eigenvalue weighted by atomic mass is 9.92. The van der Waals surface area contributed by atoms with Gasteiger partial charge in [0.2, 0.25) is 0 Å². The normalized spacial score (nSPS) is 12.2. The van der Waals surface area contributed by atoms with Crippen molar-refractivity contribution in [3.05, 3.63) is 34.5 Å². The Morgan fingerprint density at radius 2 is 1.68 bits per heavy atom. The van der Waals surface area contributed by atoms with Gasteiger partial charge in [-0.05, 0) is 43.5 Å². The lowest BCUT2D eigenvalue weighted by molar-refractivity contribution is -0.0884. The minimum Gasteiger partial charge on any atom is -0.350 e. The Balaban J connectivity index is 2.92. The monoisotopic (exact) mass is 269 g/mol. The molecule has 0 saturated carbocycles. The number of rotatable bonds is 1. The molecule has 0 fully saturated rings. The van der Waals surface area contributed by atoms with Crippen LogP contribution in [0.4, 0.5) is 13.2 Å². The third-order valence-corrected chi connectivity index (χ3v) is 3.68. The molecule has 2 nitrogen and oxygen atoms in total. The summed E-state index contributed by atoms with van der Waals surface area (Å²) in [5.74, 6) is -1.77. The van der Waals surface area contributed by atoms with Crippen molar-refractivity contribution >= 4 is 16.7 Å². The van der Waals surface area contributed by atoms with Gasteiger partial charge in [-0.2, -0.15) is 13.2 Å². The van der Waals surface area contributed by atoms with Crippen molar-refractivity contribution in [3.8, 4) is 0 Å². The van der Waals surface area contributed by atoms with Gasteiger partial charge in [-0.25, -0.2) is 0 Å². The number of ketones is 1. The minimum atomic E-state index is -4.85. The summed E-state index contributed by atoms with van der Waals surface area (Å²) in [6.07, 6.45) is -3.18. The molecule has 0 radical (unpaired) electrons. The van der Waals surface area contributed by atoms with Gasteiger partial charge >= 0.3 is 6.18 Å². The molecular formula is C14H14F3NO. The summed E-state index contributed by atoms with van der Waals surface area (Å²) in [6, 6.07) is 1.56. The molecule has 0 N–H and O–H groups in total. The molecule has 0 saturated heterocycles. The number of nitrogens with zero attached hydrogens (tertiary/aromatic N) is 1. The highest BCUT2D eigenvalue weighted by atomic mass is 19.4. The van der Waals surface area contributed by atoms with Gasteiger partial charge in [-0.15, -0.1) is 0 Å². The first-order valence-electron chi connectivity index (χ1n) is 5.82. The van der Waals surface area contributed by atoms with E-state index in [-0.39, 0.29) is 5.56 Å². The molecule has 0 amide bonds. The van der Waals surface area contributed by atoms with Crippen molar-refractivity contribution in [1.29, 1.82) is 0 Å². The largest absolute Gasteiger partial charge is 0.454 e. The first-order valence-corrected chi connectivity index (χ1v) is 5.82. The zero-order chi connectivity index (χ0) is 14.5. The van der Waals surface area contributed by atoms with Gasteiger partial charge in [-0.1, -0.05) is 0 Å². The highest BCUT2D eigenvalue weighted by molar-refractivity contribution is 6.12. The van der Waals surface area contributed by atoms with Crippen LogP contribution in [-0.4, -0.2) is 16.5 Å². The van der Waals surface area contributed by atoms with Crippen LogP contribution in [0.15, 0.2) is 12.3 Å². The Kier molecular flexibility index (Phi) is 2.96. The van der Waals surface area contributed by atoms with E-state index in [9.17, 15) is 18.0 Å². The van der Waals surface area contributed by atoms with Gasteiger partial charge in [0.15, 0.2) is 0 Å². The van der Waals surface area contributed by atoms with Gasteiger partial charge < -0.3 is 4.57 Å². The zero-order valence-corrected chi connectivity index (χ0v) is 11.1. The van der Waals surface area contributed by atoms with Gasteiger partial charge in [0.25, 0.3) is 5.78 Å². The molecule has 0 atom stereocenters.